The molecule has 0 fully saturated rings. The average molecular weight is 397 g/mol. The molecule has 0 radical (unpaired) electrons. The van der Waals surface area contributed by atoms with Crippen molar-refractivity contribution in [3.63, 3.8) is 0 Å². The standard InChI is InChI=1S/C21H23N3O5/c1-4-29-20(25)13-24-16-8-6-5-7-15(16)23-19(24)12-22-21(26)14-9-10-17(27-2)18(11-14)28-3/h5-11H,4,12-13H2,1-3H3,(H,22,26). The molecular formula is C21H23N3O5. The molecule has 0 aliphatic carbocycles. The number of esters is 1. The summed E-state index contributed by atoms with van der Waals surface area (Å²) in [6, 6.07) is 12.4. The molecule has 2 aromatic carbocycles. The fourth-order valence-corrected chi connectivity index (χ4v) is 3.01. The van der Waals surface area contributed by atoms with E-state index in [1.165, 1.54) is 14.2 Å². The third kappa shape index (κ3) is 4.48. The Labute approximate surface area is 168 Å². The molecule has 1 heterocycles. The number of ether oxygens (including phenoxy) is 3. The van der Waals surface area contributed by atoms with E-state index < -0.39 is 0 Å². The van der Waals surface area contributed by atoms with E-state index in [-0.39, 0.29) is 25.0 Å². The van der Waals surface area contributed by atoms with Crippen LogP contribution in [0.1, 0.15) is 23.1 Å². The number of methoxy groups -OCH3 is 2. The van der Waals surface area contributed by atoms with Gasteiger partial charge in [0.25, 0.3) is 5.91 Å². The van der Waals surface area contributed by atoms with E-state index in [9.17, 15) is 9.59 Å². The summed E-state index contributed by atoms with van der Waals surface area (Å²) in [6.45, 7) is 2.24. The second-order valence-electron chi connectivity index (χ2n) is 6.16. The summed E-state index contributed by atoms with van der Waals surface area (Å²) in [6.07, 6.45) is 0. The minimum absolute atomic E-state index is 0.0237. The molecule has 8 heteroatoms. The number of aromatic nitrogens is 2. The van der Waals surface area contributed by atoms with E-state index in [1.54, 1.807) is 29.7 Å². The maximum Gasteiger partial charge on any atom is 0.326 e. The molecule has 1 N–H and O–H groups in total. The van der Waals surface area contributed by atoms with Crippen LogP contribution in [0.5, 0.6) is 11.5 Å². The first-order valence-corrected chi connectivity index (χ1v) is 9.17. The van der Waals surface area contributed by atoms with Crippen molar-refractivity contribution in [1.29, 1.82) is 0 Å². The van der Waals surface area contributed by atoms with Crippen LogP contribution in [0, 0.1) is 0 Å². The predicted octanol–water partition coefficient (Wildman–Crippen LogP) is 2.55. The van der Waals surface area contributed by atoms with Crippen LogP contribution in [-0.2, 0) is 22.6 Å². The van der Waals surface area contributed by atoms with Crippen molar-refractivity contribution >= 4 is 22.9 Å². The van der Waals surface area contributed by atoms with Crippen LogP contribution in [-0.4, -0.2) is 42.3 Å². The molecule has 0 aliphatic rings. The first kappa shape index (κ1) is 20.2. The zero-order valence-corrected chi connectivity index (χ0v) is 16.6. The molecule has 0 spiro atoms. The van der Waals surface area contributed by atoms with Gasteiger partial charge in [-0.25, -0.2) is 4.98 Å². The zero-order chi connectivity index (χ0) is 20.8. The molecule has 0 saturated carbocycles. The monoisotopic (exact) mass is 397 g/mol. The second-order valence-corrected chi connectivity index (χ2v) is 6.16. The van der Waals surface area contributed by atoms with E-state index in [4.69, 9.17) is 14.2 Å². The van der Waals surface area contributed by atoms with E-state index in [0.717, 1.165) is 11.0 Å². The number of carbonyl (C=O) groups excluding carboxylic acids is 2. The average Bonchev–Trinajstić information content (AvgIpc) is 3.09. The number of carbonyl (C=O) groups is 2. The first-order valence-electron chi connectivity index (χ1n) is 9.17. The Kier molecular flexibility index (Phi) is 6.33. The fraction of sp³-hybridized carbons (Fsp3) is 0.286. The molecule has 0 aliphatic heterocycles. The van der Waals surface area contributed by atoms with Gasteiger partial charge in [-0.2, -0.15) is 0 Å². The summed E-state index contributed by atoms with van der Waals surface area (Å²) in [4.78, 5) is 29.2. The highest BCUT2D eigenvalue weighted by Crippen LogP contribution is 2.27. The van der Waals surface area contributed by atoms with E-state index in [0.29, 0.717) is 29.5 Å². The van der Waals surface area contributed by atoms with Gasteiger partial charge in [-0.1, -0.05) is 12.1 Å². The molecule has 152 valence electrons. The number of para-hydroxylation sites is 2. The SMILES string of the molecule is CCOC(=O)Cn1c(CNC(=O)c2ccc(OC)c(OC)c2)nc2ccccc21. The van der Waals surface area contributed by atoms with Gasteiger partial charge >= 0.3 is 5.97 Å². The molecule has 0 atom stereocenters. The van der Waals surface area contributed by atoms with E-state index >= 15 is 0 Å². The predicted molar refractivity (Wildman–Crippen MR) is 107 cm³/mol. The lowest BCUT2D eigenvalue weighted by Crippen LogP contribution is -2.26. The van der Waals surface area contributed by atoms with Crippen LogP contribution in [0.15, 0.2) is 42.5 Å². The van der Waals surface area contributed by atoms with Crippen molar-refractivity contribution < 1.29 is 23.8 Å². The summed E-state index contributed by atoms with van der Waals surface area (Å²) in [5.74, 6) is 0.923. The molecular weight excluding hydrogens is 374 g/mol. The van der Waals surface area contributed by atoms with Crippen molar-refractivity contribution in [1.82, 2.24) is 14.9 Å². The Hall–Kier alpha value is -3.55. The third-order valence-corrected chi connectivity index (χ3v) is 4.38. The van der Waals surface area contributed by atoms with Crippen LogP contribution < -0.4 is 14.8 Å². The van der Waals surface area contributed by atoms with Gasteiger partial charge in [-0.05, 0) is 37.3 Å². The quantitative estimate of drug-likeness (QED) is 0.588. The highest BCUT2D eigenvalue weighted by molar-refractivity contribution is 5.94. The van der Waals surface area contributed by atoms with E-state index in [1.807, 2.05) is 24.3 Å². The Morgan fingerprint density at radius 2 is 1.83 bits per heavy atom. The molecule has 1 aromatic heterocycles. The van der Waals surface area contributed by atoms with Crippen molar-refractivity contribution in [3.05, 3.63) is 53.9 Å². The summed E-state index contributed by atoms with van der Waals surface area (Å²) in [5, 5.41) is 2.84. The number of amides is 1. The highest BCUT2D eigenvalue weighted by Gasteiger charge is 2.16. The smallest absolute Gasteiger partial charge is 0.326 e. The van der Waals surface area contributed by atoms with E-state index in [2.05, 4.69) is 10.3 Å². The van der Waals surface area contributed by atoms with Gasteiger partial charge in [0.2, 0.25) is 0 Å². The van der Waals surface area contributed by atoms with Crippen molar-refractivity contribution in [2.75, 3.05) is 20.8 Å². The number of rotatable bonds is 8. The number of imidazole rings is 1. The Morgan fingerprint density at radius 3 is 2.55 bits per heavy atom. The fourth-order valence-electron chi connectivity index (χ4n) is 3.01. The normalized spacial score (nSPS) is 10.6. The topological polar surface area (TPSA) is 91.7 Å². The number of benzene rings is 2. The molecule has 1 amide bonds. The summed E-state index contributed by atoms with van der Waals surface area (Å²) in [7, 11) is 3.04. The summed E-state index contributed by atoms with van der Waals surface area (Å²) < 4.78 is 17.2. The van der Waals surface area contributed by atoms with Crippen LogP contribution in [0.3, 0.4) is 0 Å². The number of hydrogen-bond donors (Lipinski definition) is 1. The molecule has 29 heavy (non-hydrogen) atoms. The lowest BCUT2D eigenvalue weighted by atomic mass is 10.2. The molecule has 3 aromatic rings. The van der Waals surface area contributed by atoms with Crippen molar-refractivity contribution in [2.45, 2.75) is 20.0 Å². The number of nitrogens with zero attached hydrogens (tertiary/aromatic N) is 2. The van der Waals surface area contributed by atoms with Gasteiger partial charge in [-0.15, -0.1) is 0 Å². The van der Waals surface area contributed by atoms with Crippen LogP contribution in [0.4, 0.5) is 0 Å². The van der Waals surface area contributed by atoms with Crippen LogP contribution in [0.25, 0.3) is 11.0 Å². The lowest BCUT2D eigenvalue weighted by Gasteiger charge is -2.11. The van der Waals surface area contributed by atoms with Crippen LogP contribution >= 0.6 is 0 Å². The second kappa shape index (κ2) is 9.09. The highest BCUT2D eigenvalue weighted by atomic mass is 16.5. The maximum atomic E-state index is 12.6. The molecule has 0 bridgehead atoms. The van der Waals surface area contributed by atoms with Crippen molar-refractivity contribution in [3.8, 4) is 11.5 Å². The largest absolute Gasteiger partial charge is 0.493 e. The summed E-state index contributed by atoms with van der Waals surface area (Å²) >= 11 is 0. The van der Waals surface area contributed by atoms with Gasteiger partial charge in [0.1, 0.15) is 12.4 Å². The van der Waals surface area contributed by atoms with Crippen LogP contribution in [0.2, 0.25) is 0 Å². The summed E-state index contributed by atoms with van der Waals surface area (Å²) in [5.41, 5.74) is 1.97. The Balaban J connectivity index is 1.81. The van der Waals surface area contributed by atoms with Gasteiger partial charge < -0.3 is 24.1 Å². The minimum atomic E-state index is -0.358. The molecule has 8 nitrogen and oxygen atoms in total. The van der Waals surface area contributed by atoms with Gasteiger partial charge in [0.05, 0.1) is 38.4 Å². The zero-order valence-electron chi connectivity index (χ0n) is 16.6. The third-order valence-electron chi connectivity index (χ3n) is 4.38. The number of fused-ring (bicyclic) bond motifs is 1. The minimum Gasteiger partial charge on any atom is -0.493 e. The molecule has 3 rings (SSSR count). The lowest BCUT2D eigenvalue weighted by molar-refractivity contribution is -0.143. The van der Waals surface area contributed by atoms with Gasteiger partial charge in [0.15, 0.2) is 11.5 Å². The van der Waals surface area contributed by atoms with Gasteiger partial charge in [0, 0.05) is 5.56 Å². The van der Waals surface area contributed by atoms with Gasteiger partial charge in [-0.3, -0.25) is 9.59 Å². The molecule has 0 saturated heterocycles. The van der Waals surface area contributed by atoms with Crippen molar-refractivity contribution in [2.24, 2.45) is 0 Å². The first-order chi connectivity index (χ1) is 14.1. The Morgan fingerprint density at radius 1 is 1.07 bits per heavy atom. The Bertz CT molecular complexity index is 1030. The molecule has 0 unspecified atom stereocenters. The number of nitrogens with one attached hydrogen (secondary N) is 1. The number of hydrogen-bond acceptors (Lipinski definition) is 6. The maximum absolute atomic E-state index is 12.6.